The van der Waals surface area contributed by atoms with Gasteiger partial charge in [0, 0.05) is 52.3 Å². The third-order valence-corrected chi connectivity index (χ3v) is 6.06. The van der Waals surface area contributed by atoms with Crippen LogP contribution in [0.3, 0.4) is 0 Å². The summed E-state index contributed by atoms with van der Waals surface area (Å²) < 4.78 is 8.14. The first-order valence-electron chi connectivity index (χ1n) is 10.0. The highest BCUT2D eigenvalue weighted by molar-refractivity contribution is 5.76. The van der Waals surface area contributed by atoms with E-state index in [1.807, 2.05) is 41.5 Å². The van der Waals surface area contributed by atoms with Crippen molar-refractivity contribution in [3.8, 4) is 0 Å². The van der Waals surface area contributed by atoms with E-state index in [1.54, 1.807) is 19.0 Å². The number of carbonyl (C=O) groups is 1. The minimum Gasteiger partial charge on any atom is -0.366 e. The maximum atomic E-state index is 12.0. The molecule has 0 bridgehead atoms. The Balaban J connectivity index is 1.43. The first-order chi connectivity index (χ1) is 13.6. The molecule has 1 aliphatic heterocycles. The van der Waals surface area contributed by atoms with E-state index < -0.39 is 0 Å². The number of hydrogen-bond acceptors (Lipinski definition) is 5. The van der Waals surface area contributed by atoms with Gasteiger partial charge in [0.1, 0.15) is 6.61 Å². The number of hydrogen-bond donors (Lipinski definition) is 0. The van der Waals surface area contributed by atoms with E-state index >= 15 is 0 Å². The molecule has 2 aromatic heterocycles. The average molecular weight is 383 g/mol. The van der Waals surface area contributed by atoms with Crippen molar-refractivity contribution in [2.45, 2.75) is 31.5 Å². The highest BCUT2D eigenvalue weighted by atomic mass is 16.5. The first kappa shape index (κ1) is 19.1. The molecule has 1 amide bonds. The molecule has 2 fully saturated rings. The van der Waals surface area contributed by atoms with Gasteiger partial charge in [0.25, 0.3) is 0 Å². The van der Waals surface area contributed by atoms with Crippen LogP contribution in [0, 0.1) is 11.8 Å². The average Bonchev–Trinajstić information content (AvgIpc) is 3.35. The zero-order valence-electron chi connectivity index (χ0n) is 16.6. The zero-order chi connectivity index (χ0) is 19.5. The van der Waals surface area contributed by atoms with E-state index in [9.17, 15) is 4.79 Å². The number of nitrogens with zero attached hydrogens (tertiary/aromatic N) is 5. The Morgan fingerprint density at radius 2 is 2.00 bits per heavy atom. The third kappa shape index (κ3) is 4.25. The Bertz CT molecular complexity index is 764. The molecule has 2 aromatic rings. The molecule has 7 nitrogen and oxygen atoms in total. The molecule has 28 heavy (non-hydrogen) atoms. The van der Waals surface area contributed by atoms with Crippen LogP contribution in [0.1, 0.15) is 24.6 Å². The number of likely N-dealkylation sites (tertiary alicyclic amines) is 1. The number of ether oxygens (including phenoxy) is 1. The number of likely N-dealkylation sites (N-methyl/N-ethyl adjacent to an activating group) is 1. The predicted octanol–water partition coefficient (Wildman–Crippen LogP) is 1.83. The van der Waals surface area contributed by atoms with Gasteiger partial charge >= 0.3 is 0 Å². The summed E-state index contributed by atoms with van der Waals surface area (Å²) in [6.45, 7) is 3.17. The molecule has 1 saturated heterocycles. The highest BCUT2D eigenvalue weighted by Gasteiger charge is 2.43. The lowest BCUT2D eigenvalue weighted by Crippen LogP contribution is -2.40. The monoisotopic (exact) mass is 383 g/mol. The van der Waals surface area contributed by atoms with Crippen LogP contribution in [-0.2, 0) is 16.1 Å². The molecule has 1 saturated carbocycles. The minimum atomic E-state index is 0.00420. The summed E-state index contributed by atoms with van der Waals surface area (Å²) in [5.41, 5.74) is 1.12. The Hall–Kier alpha value is -2.25. The lowest BCUT2D eigenvalue weighted by Gasteiger charge is -2.38. The van der Waals surface area contributed by atoms with E-state index in [1.165, 1.54) is 0 Å². The van der Waals surface area contributed by atoms with Gasteiger partial charge in [0.05, 0.1) is 17.8 Å². The van der Waals surface area contributed by atoms with Gasteiger partial charge in [-0.3, -0.25) is 19.4 Å². The number of amides is 1. The van der Waals surface area contributed by atoms with E-state index in [0.29, 0.717) is 11.8 Å². The standard InChI is InChI=1S/C21H29N5O2/c1-24(2)21(27)15-28-20-11-17-13-25(14-18-6-3-4-7-22-18)12-16(17)10-19(20)26-9-5-8-23-26/h3-9,16-17,19-20H,10-15H2,1-2H3/t16-,17+,19-,20-/m0/s1. The maximum absolute atomic E-state index is 12.0. The van der Waals surface area contributed by atoms with Crippen molar-refractivity contribution in [2.75, 3.05) is 33.8 Å². The van der Waals surface area contributed by atoms with Crippen molar-refractivity contribution in [2.24, 2.45) is 11.8 Å². The fraction of sp³-hybridized carbons (Fsp3) is 0.571. The van der Waals surface area contributed by atoms with Crippen LogP contribution in [0.2, 0.25) is 0 Å². The topological polar surface area (TPSA) is 63.5 Å². The fourth-order valence-electron chi connectivity index (χ4n) is 4.58. The van der Waals surface area contributed by atoms with Gasteiger partial charge in [0.15, 0.2) is 0 Å². The molecular formula is C21H29N5O2. The van der Waals surface area contributed by atoms with Crippen LogP contribution in [0.5, 0.6) is 0 Å². The van der Waals surface area contributed by atoms with Gasteiger partial charge in [-0.1, -0.05) is 6.07 Å². The molecule has 0 unspecified atom stereocenters. The third-order valence-electron chi connectivity index (χ3n) is 6.06. The molecule has 0 spiro atoms. The maximum Gasteiger partial charge on any atom is 0.248 e. The van der Waals surface area contributed by atoms with E-state index in [-0.39, 0.29) is 24.7 Å². The van der Waals surface area contributed by atoms with Crippen LogP contribution >= 0.6 is 0 Å². The lowest BCUT2D eigenvalue weighted by molar-refractivity contribution is -0.138. The molecule has 7 heteroatoms. The lowest BCUT2D eigenvalue weighted by atomic mass is 9.77. The van der Waals surface area contributed by atoms with Crippen molar-refractivity contribution in [3.05, 3.63) is 48.5 Å². The van der Waals surface area contributed by atoms with Crippen molar-refractivity contribution in [3.63, 3.8) is 0 Å². The Morgan fingerprint density at radius 3 is 2.68 bits per heavy atom. The van der Waals surface area contributed by atoms with Crippen LogP contribution in [0.25, 0.3) is 0 Å². The molecule has 0 radical (unpaired) electrons. The highest BCUT2D eigenvalue weighted by Crippen LogP contribution is 2.42. The summed E-state index contributed by atoms with van der Waals surface area (Å²) in [7, 11) is 3.53. The Kier molecular flexibility index (Phi) is 5.73. The molecule has 150 valence electrons. The number of pyridine rings is 1. The van der Waals surface area contributed by atoms with Crippen molar-refractivity contribution in [1.29, 1.82) is 0 Å². The minimum absolute atomic E-state index is 0.00420. The molecule has 4 atom stereocenters. The Morgan fingerprint density at radius 1 is 1.18 bits per heavy atom. The summed E-state index contributed by atoms with van der Waals surface area (Å²) >= 11 is 0. The van der Waals surface area contributed by atoms with Gasteiger partial charge in [0.2, 0.25) is 5.91 Å². The predicted molar refractivity (Wildman–Crippen MR) is 105 cm³/mol. The van der Waals surface area contributed by atoms with Gasteiger partial charge in [-0.2, -0.15) is 5.10 Å². The van der Waals surface area contributed by atoms with Crippen molar-refractivity contribution < 1.29 is 9.53 Å². The van der Waals surface area contributed by atoms with E-state index in [4.69, 9.17) is 4.74 Å². The number of fused-ring (bicyclic) bond motifs is 1. The van der Waals surface area contributed by atoms with Crippen LogP contribution < -0.4 is 0 Å². The van der Waals surface area contributed by atoms with Gasteiger partial charge in [-0.15, -0.1) is 0 Å². The number of aromatic nitrogens is 3. The van der Waals surface area contributed by atoms with Gasteiger partial charge in [-0.25, -0.2) is 0 Å². The molecule has 4 rings (SSSR count). The fourth-order valence-corrected chi connectivity index (χ4v) is 4.58. The SMILES string of the molecule is CN(C)C(=O)CO[C@H]1C[C@@H]2CN(Cc3ccccn3)C[C@@H]2C[C@@H]1n1cccn1. The van der Waals surface area contributed by atoms with Crippen molar-refractivity contribution in [1.82, 2.24) is 24.6 Å². The largest absolute Gasteiger partial charge is 0.366 e. The molecule has 0 aromatic carbocycles. The number of carbonyl (C=O) groups excluding carboxylic acids is 1. The second kappa shape index (κ2) is 8.41. The zero-order valence-corrected chi connectivity index (χ0v) is 16.6. The van der Waals surface area contributed by atoms with Crippen LogP contribution in [0.15, 0.2) is 42.9 Å². The smallest absolute Gasteiger partial charge is 0.248 e. The summed E-state index contributed by atoms with van der Waals surface area (Å²) in [6.07, 6.45) is 7.70. The van der Waals surface area contributed by atoms with E-state index in [0.717, 1.165) is 38.2 Å². The molecule has 1 aliphatic carbocycles. The van der Waals surface area contributed by atoms with Gasteiger partial charge in [-0.05, 0) is 42.9 Å². The van der Waals surface area contributed by atoms with E-state index in [2.05, 4.69) is 21.0 Å². The quantitative estimate of drug-likeness (QED) is 0.762. The van der Waals surface area contributed by atoms with Gasteiger partial charge < -0.3 is 9.64 Å². The summed E-state index contributed by atoms with van der Waals surface area (Å²) in [4.78, 5) is 20.6. The second-order valence-electron chi connectivity index (χ2n) is 8.20. The molecular weight excluding hydrogens is 354 g/mol. The van der Waals surface area contributed by atoms with Crippen LogP contribution in [-0.4, -0.2) is 70.4 Å². The first-order valence-corrected chi connectivity index (χ1v) is 10.0. The molecule has 3 heterocycles. The normalized spacial score (nSPS) is 27.5. The second-order valence-corrected chi connectivity index (χ2v) is 8.20. The summed E-state index contributed by atoms with van der Waals surface area (Å²) in [6, 6.07) is 8.23. The molecule has 0 N–H and O–H groups in total. The number of rotatable bonds is 6. The summed E-state index contributed by atoms with van der Waals surface area (Å²) in [5.74, 6) is 1.22. The van der Waals surface area contributed by atoms with Crippen LogP contribution in [0.4, 0.5) is 0 Å². The Labute approximate surface area is 166 Å². The molecule has 2 aliphatic rings. The van der Waals surface area contributed by atoms with Crippen molar-refractivity contribution >= 4 is 5.91 Å². The summed E-state index contributed by atoms with van der Waals surface area (Å²) in [5, 5.41) is 4.47.